The molecular formula is C14H21NO2S. The average molecular weight is 267 g/mol. The molecule has 1 aromatic carbocycles. The van der Waals surface area contributed by atoms with Crippen molar-refractivity contribution in [1.82, 2.24) is 4.72 Å². The van der Waals surface area contributed by atoms with Crippen LogP contribution in [0.4, 0.5) is 0 Å². The molecule has 18 heavy (non-hydrogen) atoms. The third kappa shape index (κ3) is 2.93. The number of benzene rings is 1. The Morgan fingerprint density at radius 3 is 2.39 bits per heavy atom. The van der Waals surface area contributed by atoms with Gasteiger partial charge in [0.1, 0.15) is 0 Å². The maximum Gasteiger partial charge on any atom is 0.212 e. The monoisotopic (exact) mass is 267 g/mol. The summed E-state index contributed by atoms with van der Waals surface area (Å²) in [6.07, 6.45) is 4.52. The quantitative estimate of drug-likeness (QED) is 0.861. The molecule has 0 amide bonds. The van der Waals surface area contributed by atoms with Crippen molar-refractivity contribution in [3.05, 3.63) is 35.9 Å². The molecule has 0 atom stereocenters. The van der Waals surface area contributed by atoms with Crippen molar-refractivity contribution in [3.63, 3.8) is 0 Å². The van der Waals surface area contributed by atoms with Crippen molar-refractivity contribution < 1.29 is 8.42 Å². The second kappa shape index (κ2) is 5.41. The van der Waals surface area contributed by atoms with Crippen LogP contribution in [-0.2, 0) is 15.6 Å². The Bertz CT molecular complexity index is 478. The van der Waals surface area contributed by atoms with E-state index < -0.39 is 10.0 Å². The molecule has 1 N–H and O–H groups in total. The highest BCUT2D eigenvalue weighted by Gasteiger charge is 2.41. The first kappa shape index (κ1) is 13.6. The molecule has 1 aromatic rings. The van der Waals surface area contributed by atoms with Crippen molar-refractivity contribution in [2.24, 2.45) is 0 Å². The molecule has 0 heterocycles. The summed E-state index contributed by atoms with van der Waals surface area (Å²) in [5, 5.41) is 0. The maximum absolute atomic E-state index is 12.1. The molecule has 0 spiro atoms. The molecule has 0 bridgehead atoms. The number of sulfonamides is 1. The Morgan fingerprint density at radius 2 is 1.89 bits per heavy atom. The van der Waals surface area contributed by atoms with Crippen LogP contribution in [0.5, 0.6) is 0 Å². The van der Waals surface area contributed by atoms with Crippen molar-refractivity contribution in [3.8, 4) is 0 Å². The summed E-state index contributed by atoms with van der Waals surface area (Å²) in [6.45, 7) is 2.01. The average Bonchev–Trinajstić information content (AvgIpc) is 2.33. The van der Waals surface area contributed by atoms with E-state index in [4.69, 9.17) is 0 Å². The first-order valence-corrected chi connectivity index (χ1v) is 8.30. The SMILES string of the molecule is CCCCS(=O)(=O)NC1(c2ccccc2)CCC1. The summed E-state index contributed by atoms with van der Waals surface area (Å²) in [5.41, 5.74) is 0.754. The first-order chi connectivity index (χ1) is 8.58. The molecule has 0 saturated heterocycles. The summed E-state index contributed by atoms with van der Waals surface area (Å²) in [5.74, 6) is 0.234. The Labute approximate surface area is 110 Å². The van der Waals surface area contributed by atoms with Gasteiger partial charge in [-0.1, -0.05) is 43.7 Å². The Balaban J connectivity index is 2.15. The normalized spacial score (nSPS) is 18.3. The highest BCUT2D eigenvalue weighted by Crippen LogP contribution is 2.41. The zero-order valence-corrected chi connectivity index (χ0v) is 11.7. The predicted octanol–water partition coefficient (Wildman–Crippen LogP) is 2.79. The Hall–Kier alpha value is -0.870. The molecule has 0 aromatic heterocycles. The molecule has 4 heteroatoms. The van der Waals surface area contributed by atoms with E-state index in [0.29, 0.717) is 0 Å². The van der Waals surface area contributed by atoms with Crippen LogP contribution < -0.4 is 4.72 Å². The van der Waals surface area contributed by atoms with Crippen molar-refractivity contribution in [2.45, 2.75) is 44.6 Å². The van der Waals surface area contributed by atoms with Crippen LogP contribution in [0.3, 0.4) is 0 Å². The van der Waals surface area contributed by atoms with Gasteiger partial charge in [-0.25, -0.2) is 13.1 Å². The van der Waals surface area contributed by atoms with E-state index in [1.54, 1.807) is 0 Å². The number of hydrogen-bond acceptors (Lipinski definition) is 2. The van der Waals surface area contributed by atoms with Gasteiger partial charge < -0.3 is 0 Å². The molecule has 0 unspecified atom stereocenters. The Kier molecular flexibility index (Phi) is 4.07. The van der Waals surface area contributed by atoms with Crippen molar-refractivity contribution in [2.75, 3.05) is 5.75 Å². The van der Waals surface area contributed by atoms with E-state index in [1.807, 2.05) is 37.3 Å². The van der Waals surface area contributed by atoms with Crippen LogP contribution >= 0.6 is 0 Å². The number of rotatable bonds is 6. The number of unbranched alkanes of at least 4 members (excludes halogenated alkanes) is 1. The highest BCUT2D eigenvalue weighted by atomic mass is 32.2. The lowest BCUT2D eigenvalue weighted by Crippen LogP contribution is -2.51. The molecule has 1 saturated carbocycles. The zero-order valence-electron chi connectivity index (χ0n) is 10.9. The van der Waals surface area contributed by atoms with Gasteiger partial charge in [0.2, 0.25) is 10.0 Å². The van der Waals surface area contributed by atoms with Crippen LogP contribution in [0.1, 0.15) is 44.6 Å². The predicted molar refractivity (Wildman–Crippen MR) is 73.8 cm³/mol. The van der Waals surface area contributed by atoms with Crippen molar-refractivity contribution in [1.29, 1.82) is 0 Å². The van der Waals surface area contributed by atoms with E-state index in [0.717, 1.165) is 37.7 Å². The van der Waals surface area contributed by atoms with Crippen LogP contribution in [0.25, 0.3) is 0 Å². The molecule has 0 radical (unpaired) electrons. The maximum atomic E-state index is 12.1. The third-order valence-corrected chi connectivity index (χ3v) is 5.18. The first-order valence-electron chi connectivity index (χ1n) is 6.65. The minimum absolute atomic E-state index is 0.234. The molecule has 1 fully saturated rings. The minimum Gasteiger partial charge on any atom is -0.212 e. The van der Waals surface area contributed by atoms with Gasteiger partial charge in [-0.15, -0.1) is 0 Å². The zero-order chi connectivity index (χ0) is 13.1. The van der Waals surface area contributed by atoms with Gasteiger partial charge in [-0.3, -0.25) is 0 Å². The minimum atomic E-state index is -3.16. The second-order valence-electron chi connectivity index (χ2n) is 5.08. The largest absolute Gasteiger partial charge is 0.212 e. The van der Waals surface area contributed by atoms with Crippen molar-refractivity contribution >= 4 is 10.0 Å². The van der Waals surface area contributed by atoms with Crippen LogP contribution in [-0.4, -0.2) is 14.2 Å². The molecular weight excluding hydrogens is 246 g/mol. The van der Waals surface area contributed by atoms with Gasteiger partial charge in [-0.05, 0) is 31.2 Å². The molecule has 2 rings (SSSR count). The number of hydrogen-bond donors (Lipinski definition) is 1. The van der Waals surface area contributed by atoms with Gasteiger partial charge in [0.25, 0.3) is 0 Å². The van der Waals surface area contributed by atoms with Gasteiger partial charge in [-0.2, -0.15) is 0 Å². The molecule has 1 aliphatic carbocycles. The van der Waals surface area contributed by atoms with Crippen LogP contribution in [0.2, 0.25) is 0 Å². The van der Waals surface area contributed by atoms with Gasteiger partial charge in [0.15, 0.2) is 0 Å². The van der Waals surface area contributed by atoms with Gasteiger partial charge in [0.05, 0.1) is 11.3 Å². The molecule has 3 nitrogen and oxygen atoms in total. The highest BCUT2D eigenvalue weighted by molar-refractivity contribution is 7.89. The fourth-order valence-electron chi connectivity index (χ4n) is 2.42. The molecule has 1 aliphatic rings. The smallest absolute Gasteiger partial charge is 0.212 e. The summed E-state index contributed by atoms with van der Waals surface area (Å²) in [6, 6.07) is 9.93. The Morgan fingerprint density at radius 1 is 1.22 bits per heavy atom. The topological polar surface area (TPSA) is 46.2 Å². The van der Waals surface area contributed by atoms with Gasteiger partial charge in [0, 0.05) is 0 Å². The van der Waals surface area contributed by atoms with E-state index in [9.17, 15) is 8.42 Å². The van der Waals surface area contributed by atoms with Crippen LogP contribution in [0, 0.1) is 0 Å². The van der Waals surface area contributed by atoms with E-state index >= 15 is 0 Å². The lowest BCUT2D eigenvalue weighted by molar-refractivity contribution is 0.224. The standard InChI is InChI=1S/C14H21NO2S/c1-2-3-12-18(16,17)15-14(10-7-11-14)13-8-5-4-6-9-13/h4-6,8-9,15H,2-3,7,10-12H2,1H3. The summed E-state index contributed by atoms with van der Waals surface area (Å²) >= 11 is 0. The second-order valence-corrected chi connectivity index (χ2v) is 6.92. The fraction of sp³-hybridized carbons (Fsp3) is 0.571. The third-order valence-electron chi connectivity index (χ3n) is 3.65. The molecule has 100 valence electrons. The fourth-order valence-corrected chi connectivity index (χ4v) is 4.11. The summed E-state index contributed by atoms with van der Waals surface area (Å²) in [7, 11) is -3.16. The van der Waals surface area contributed by atoms with Crippen LogP contribution in [0.15, 0.2) is 30.3 Å². The number of nitrogens with one attached hydrogen (secondary N) is 1. The summed E-state index contributed by atoms with van der Waals surface area (Å²) < 4.78 is 27.0. The van der Waals surface area contributed by atoms with E-state index in [2.05, 4.69) is 4.72 Å². The van der Waals surface area contributed by atoms with E-state index in [1.165, 1.54) is 0 Å². The van der Waals surface area contributed by atoms with E-state index in [-0.39, 0.29) is 11.3 Å². The summed E-state index contributed by atoms with van der Waals surface area (Å²) in [4.78, 5) is 0. The lowest BCUT2D eigenvalue weighted by Gasteiger charge is -2.42. The lowest BCUT2D eigenvalue weighted by atomic mass is 9.73. The molecule has 0 aliphatic heterocycles. The van der Waals surface area contributed by atoms with Gasteiger partial charge >= 0.3 is 0 Å².